The maximum atomic E-state index is 11.6. The van der Waals surface area contributed by atoms with Crippen LogP contribution >= 0.6 is 11.3 Å². The van der Waals surface area contributed by atoms with Gasteiger partial charge >= 0.3 is 0 Å². The van der Waals surface area contributed by atoms with Crippen LogP contribution in [0.4, 0.5) is 0 Å². The number of benzene rings is 5. The number of rotatable bonds is 13. The lowest BCUT2D eigenvalue weighted by molar-refractivity contribution is -0.267. The minimum atomic E-state index is -0.765. The van der Waals surface area contributed by atoms with Crippen LogP contribution in [0.25, 0.3) is 10.1 Å². The molecule has 7 rings (SSSR count). The van der Waals surface area contributed by atoms with Crippen LogP contribution in [0.3, 0.4) is 0 Å². The molecule has 0 amide bonds. The Morgan fingerprint density at radius 3 is 1.76 bits per heavy atom. The maximum Gasteiger partial charge on any atom is 0.117 e. The fourth-order valence-corrected chi connectivity index (χ4v) is 7.67. The number of hydrogen-bond acceptors (Lipinski definition) is 6. The summed E-state index contributed by atoms with van der Waals surface area (Å²) in [5.74, 6) is 0. The second kappa shape index (κ2) is 16.0. The summed E-state index contributed by atoms with van der Waals surface area (Å²) in [5.41, 5.74) is 4.98. The van der Waals surface area contributed by atoms with E-state index in [4.69, 9.17) is 18.9 Å². The van der Waals surface area contributed by atoms with Crippen LogP contribution in [0, 0.1) is 0 Å². The molecular weight excluding hydrogens is 629 g/mol. The summed E-state index contributed by atoms with van der Waals surface area (Å²) >= 11 is 1.62. The zero-order valence-corrected chi connectivity index (χ0v) is 28.5. The number of thiophene rings is 1. The van der Waals surface area contributed by atoms with E-state index in [0.717, 1.165) is 49.2 Å². The summed E-state index contributed by atoms with van der Waals surface area (Å²) in [6.45, 7) is 3.36. The van der Waals surface area contributed by atoms with Crippen molar-refractivity contribution >= 4 is 21.4 Å². The van der Waals surface area contributed by atoms with Gasteiger partial charge < -0.3 is 24.1 Å². The predicted octanol–water partition coefficient (Wildman–Crippen LogP) is 9.59. The second-order valence-corrected chi connectivity index (χ2v) is 13.7. The molecule has 2 heterocycles. The molecule has 250 valence electrons. The highest BCUT2D eigenvalue weighted by Gasteiger charge is 2.48. The van der Waals surface area contributed by atoms with Gasteiger partial charge in [0.25, 0.3) is 0 Å². The monoisotopic (exact) mass is 670 g/mol. The molecule has 0 aliphatic carbocycles. The van der Waals surface area contributed by atoms with E-state index in [1.165, 1.54) is 0 Å². The molecule has 6 heteroatoms. The standard InChI is InChI=1S/C43H42O5S/c1-2-36-41(45-27-30-15-6-3-7-16-30)43(47-29-32-19-10-5-11-20-32)42(46-28-31-17-8-4-9-18-31)40(48-36)35-23-14-22-34(25-35)39(44)38-26-33-21-12-13-24-37(33)49-38/h3-26,36,39-44H,2,27-29H2,1H3/t36-,39?,40+,41-,42+,43+/m1/s1. The van der Waals surface area contributed by atoms with Gasteiger partial charge in [0.15, 0.2) is 0 Å². The Morgan fingerprint density at radius 1 is 0.612 bits per heavy atom. The Bertz CT molecular complexity index is 1860. The highest BCUT2D eigenvalue weighted by atomic mass is 32.1. The highest BCUT2D eigenvalue weighted by molar-refractivity contribution is 7.19. The largest absolute Gasteiger partial charge is 0.383 e. The average molecular weight is 671 g/mol. The molecule has 5 nitrogen and oxygen atoms in total. The van der Waals surface area contributed by atoms with Gasteiger partial charge in [-0.25, -0.2) is 0 Å². The smallest absolute Gasteiger partial charge is 0.117 e. The van der Waals surface area contributed by atoms with Crippen molar-refractivity contribution in [2.24, 2.45) is 0 Å². The molecule has 0 bridgehead atoms. The van der Waals surface area contributed by atoms with Crippen LogP contribution in [0.5, 0.6) is 0 Å². The molecule has 0 saturated carbocycles. The highest BCUT2D eigenvalue weighted by Crippen LogP contribution is 2.41. The van der Waals surface area contributed by atoms with E-state index >= 15 is 0 Å². The van der Waals surface area contributed by atoms with Crippen molar-refractivity contribution in [3.8, 4) is 0 Å². The Kier molecular flexibility index (Phi) is 10.9. The zero-order valence-electron chi connectivity index (χ0n) is 27.6. The lowest BCUT2D eigenvalue weighted by Gasteiger charge is -2.46. The summed E-state index contributed by atoms with van der Waals surface area (Å²) < 4.78 is 28.6. The van der Waals surface area contributed by atoms with Gasteiger partial charge in [0.2, 0.25) is 0 Å². The molecule has 1 unspecified atom stereocenters. The Balaban J connectivity index is 1.23. The van der Waals surface area contributed by atoms with E-state index in [-0.39, 0.29) is 12.2 Å². The summed E-state index contributed by atoms with van der Waals surface area (Å²) in [6, 6.07) is 49.0. The quantitative estimate of drug-likeness (QED) is 0.133. The Morgan fingerprint density at radius 2 is 1.16 bits per heavy atom. The maximum absolute atomic E-state index is 11.6. The Labute approximate surface area is 292 Å². The third-order valence-electron chi connectivity index (χ3n) is 9.16. The molecule has 1 aliphatic heterocycles. The summed E-state index contributed by atoms with van der Waals surface area (Å²) in [5, 5.41) is 12.7. The van der Waals surface area contributed by atoms with Gasteiger partial charge in [-0.3, -0.25) is 0 Å². The molecular formula is C43H42O5S. The van der Waals surface area contributed by atoms with Crippen LogP contribution in [0.1, 0.15) is 58.2 Å². The van der Waals surface area contributed by atoms with Crippen molar-refractivity contribution in [1.29, 1.82) is 0 Å². The van der Waals surface area contributed by atoms with Gasteiger partial charge in [-0.15, -0.1) is 11.3 Å². The van der Waals surface area contributed by atoms with Gasteiger partial charge in [0.1, 0.15) is 30.5 Å². The fraction of sp³-hybridized carbons (Fsp3) is 0.256. The van der Waals surface area contributed by atoms with Crippen molar-refractivity contribution in [2.75, 3.05) is 0 Å². The molecule has 0 spiro atoms. The minimum absolute atomic E-state index is 0.248. The van der Waals surface area contributed by atoms with E-state index in [0.29, 0.717) is 19.8 Å². The van der Waals surface area contributed by atoms with Crippen molar-refractivity contribution < 1.29 is 24.1 Å². The SMILES string of the molecule is CC[C@H]1O[C@@H](c2cccc(C(O)c3cc4ccccc4s3)c2)[C@H](OCc2ccccc2)[C@@H](OCc2ccccc2)[C@@H]1OCc1ccccc1. The summed E-state index contributed by atoms with van der Waals surface area (Å²) in [4.78, 5) is 0.907. The molecule has 5 aromatic carbocycles. The predicted molar refractivity (Wildman–Crippen MR) is 195 cm³/mol. The fourth-order valence-electron chi connectivity index (χ4n) is 6.59. The van der Waals surface area contributed by atoms with Crippen molar-refractivity contribution in [3.05, 3.63) is 178 Å². The van der Waals surface area contributed by atoms with Crippen molar-refractivity contribution in [2.45, 2.75) is 69.8 Å². The minimum Gasteiger partial charge on any atom is -0.383 e. The van der Waals surface area contributed by atoms with E-state index in [1.54, 1.807) is 11.3 Å². The lowest BCUT2D eigenvalue weighted by atomic mass is 9.88. The molecule has 1 aromatic heterocycles. The van der Waals surface area contributed by atoms with Crippen LogP contribution in [-0.4, -0.2) is 29.5 Å². The number of aliphatic hydroxyl groups excluding tert-OH is 1. The third kappa shape index (κ3) is 8.03. The first-order valence-electron chi connectivity index (χ1n) is 17.0. The van der Waals surface area contributed by atoms with Crippen LogP contribution in [-0.2, 0) is 38.8 Å². The van der Waals surface area contributed by atoms with Crippen LogP contribution < -0.4 is 0 Å². The second-order valence-electron chi connectivity index (χ2n) is 12.5. The number of fused-ring (bicyclic) bond motifs is 1. The van der Waals surface area contributed by atoms with Crippen LogP contribution in [0.2, 0.25) is 0 Å². The van der Waals surface area contributed by atoms with Crippen molar-refractivity contribution in [3.63, 3.8) is 0 Å². The van der Waals surface area contributed by atoms with E-state index in [2.05, 4.69) is 73.7 Å². The number of aliphatic hydroxyl groups is 1. The Hall–Kier alpha value is -4.14. The molecule has 1 fully saturated rings. The van der Waals surface area contributed by atoms with E-state index in [1.807, 2.05) is 78.9 Å². The molecule has 49 heavy (non-hydrogen) atoms. The number of ether oxygens (including phenoxy) is 4. The van der Waals surface area contributed by atoms with E-state index in [9.17, 15) is 5.11 Å². The van der Waals surface area contributed by atoms with Gasteiger partial charge in [0, 0.05) is 9.58 Å². The lowest BCUT2D eigenvalue weighted by Crippen LogP contribution is -2.57. The normalized spacial score (nSPS) is 21.5. The molecule has 1 saturated heterocycles. The molecule has 1 N–H and O–H groups in total. The van der Waals surface area contributed by atoms with Gasteiger partial charge in [-0.05, 0) is 51.8 Å². The first-order chi connectivity index (χ1) is 24.2. The number of hydrogen-bond donors (Lipinski definition) is 1. The topological polar surface area (TPSA) is 57.2 Å². The van der Waals surface area contributed by atoms with Crippen molar-refractivity contribution in [1.82, 2.24) is 0 Å². The molecule has 0 radical (unpaired) electrons. The van der Waals surface area contributed by atoms with Gasteiger partial charge in [0.05, 0.1) is 25.9 Å². The first kappa shape index (κ1) is 33.4. The zero-order chi connectivity index (χ0) is 33.4. The molecule has 1 aliphatic rings. The summed E-state index contributed by atoms with van der Waals surface area (Å²) in [7, 11) is 0. The van der Waals surface area contributed by atoms with Gasteiger partial charge in [-0.2, -0.15) is 0 Å². The van der Waals surface area contributed by atoms with E-state index < -0.39 is 24.4 Å². The third-order valence-corrected chi connectivity index (χ3v) is 10.3. The first-order valence-corrected chi connectivity index (χ1v) is 17.9. The average Bonchev–Trinajstić information content (AvgIpc) is 3.61. The van der Waals surface area contributed by atoms with Gasteiger partial charge in [-0.1, -0.05) is 140 Å². The summed E-state index contributed by atoms with van der Waals surface area (Å²) in [6.07, 6.45) is -2.05. The van der Waals surface area contributed by atoms with Crippen LogP contribution in [0.15, 0.2) is 146 Å². The molecule has 6 aromatic rings. The molecule has 6 atom stereocenters.